The molecule has 2 unspecified atom stereocenters. The summed E-state index contributed by atoms with van der Waals surface area (Å²) in [5.41, 5.74) is 4.24. The molecule has 2 aliphatic rings. The van der Waals surface area contributed by atoms with Gasteiger partial charge in [0.25, 0.3) is 0 Å². The van der Waals surface area contributed by atoms with Gasteiger partial charge in [0.1, 0.15) is 0 Å². The van der Waals surface area contributed by atoms with E-state index >= 15 is 0 Å². The summed E-state index contributed by atoms with van der Waals surface area (Å²) in [6.07, 6.45) is 4.79. The van der Waals surface area contributed by atoms with E-state index < -0.39 is 0 Å². The van der Waals surface area contributed by atoms with Crippen molar-refractivity contribution in [3.05, 3.63) is 29.3 Å². The van der Waals surface area contributed by atoms with E-state index in [9.17, 15) is 5.11 Å². The molecule has 3 heteroatoms. The van der Waals surface area contributed by atoms with Crippen LogP contribution in [0.25, 0.3) is 0 Å². The van der Waals surface area contributed by atoms with E-state index in [1.807, 2.05) is 0 Å². The first-order valence-electron chi connectivity index (χ1n) is 7.45. The summed E-state index contributed by atoms with van der Waals surface area (Å²) in [5, 5.41) is 13.0. The molecule has 1 aliphatic carbocycles. The number of rotatable bonds is 4. The second kappa shape index (κ2) is 5.51. The summed E-state index contributed by atoms with van der Waals surface area (Å²) in [6.45, 7) is 2.40. The molecule has 1 aromatic rings. The van der Waals surface area contributed by atoms with Gasteiger partial charge in [-0.15, -0.1) is 0 Å². The van der Waals surface area contributed by atoms with Gasteiger partial charge in [0, 0.05) is 38.5 Å². The molecule has 0 bridgehead atoms. The van der Waals surface area contributed by atoms with Crippen LogP contribution in [-0.4, -0.2) is 31.3 Å². The molecule has 2 N–H and O–H groups in total. The highest BCUT2D eigenvalue weighted by Gasteiger charge is 2.26. The first-order chi connectivity index (χ1) is 9.28. The summed E-state index contributed by atoms with van der Waals surface area (Å²) in [7, 11) is 2.16. The topological polar surface area (TPSA) is 35.5 Å². The second-order valence-electron chi connectivity index (χ2n) is 6.00. The maximum absolute atomic E-state index is 9.34. The SMILES string of the molecule is CN1CCc2cc(CNC3CCCC3CO)ccc21. The van der Waals surface area contributed by atoms with Crippen LogP contribution in [0.1, 0.15) is 30.4 Å². The van der Waals surface area contributed by atoms with Crippen molar-refractivity contribution in [2.75, 3.05) is 25.1 Å². The van der Waals surface area contributed by atoms with Gasteiger partial charge < -0.3 is 15.3 Å². The van der Waals surface area contributed by atoms with E-state index in [2.05, 4.69) is 35.5 Å². The van der Waals surface area contributed by atoms with E-state index in [0.29, 0.717) is 18.6 Å². The van der Waals surface area contributed by atoms with E-state index in [1.54, 1.807) is 0 Å². The Balaban J connectivity index is 1.61. The minimum Gasteiger partial charge on any atom is -0.396 e. The van der Waals surface area contributed by atoms with Crippen molar-refractivity contribution in [3.8, 4) is 0 Å². The minimum atomic E-state index is 0.326. The Morgan fingerprint density at radius 3 is 3.11 bits per heavy atom. The quantitative estimate of drug-likeness (QED) is 0.868. The zero-order chi connectivity index (χ0) is 13.2. The van der Waals surface area contributed by atoms with Gasteiger partial charge in [0.05, 0.1) is 0 Å². The van der Waals surface area contributed by atoms with Crippen molar-refractivity contribution in [2.45, 2.75) is 38.3 Å². The number of hydrogen-bond acceptors (Lipinski definition) is 3. The standard InChI is InChI=1S/C16H24N2O/c1-18-8-7-13-9-12(5-6-16(13)18)10-17-15-4-2-3-14(15)11-19/h5-6,9,14-15,17,19H,2-4,7-8,10-11H2,1H3. The number of aliphatic hydroxyl groups excluding tert-OH is 1. The van der Waals surface area contributed by atoms with Crippen LogP contribution in [0.5, 0.6) is 0 Å². The smallest absolute Gasteiger partial charge is 0.0474 e. The predicted molar refractivity (Wildman–Crippen MR) is 78.5 cm³/mol. The molecule has 0 spiro atoms. The number of likely N-dealkylation sites (N-methyl/N-ethyl adjacent to an activating group) is 1. The maximum Gasteiger partial charge on any atom is 0.0474 e. The summed E-state index contributed by atoms with van der Waals surface area (Å²) in [5.74, 6) is 0.459. The Morgan fingerprint density at radius 2 is 2.26 bits per heavy atom. The van der Waals surface area contributed by atoms with Gasteiger partial charge in [0.2, 0.25) is 0 Å². The van der Waals surface area contributed by atoms with Crippen molar-refractivity contribution >= 4 is 5.69 Å². The molecule has 1 heterocycles. The molecule has 104 valence electrons. The van der Waals surface area contributed by atoms with Crippen molar-refractivity contribution in [1.29, 1.82) is 0 Å². The minimum absolute atomic E-state index is 0.326. The zero-order valence-corrected chi connectivity index (χ0v) is 11.7. The van der Waals surface area contributed by atoms with E-state index in [1.165, 1.54) is 42.5 Å². The molecule has 2 atom stereocenters. The van der Waals surface area contributed by atoms with E-state index in [-0.39, 0.29) is 0 Å². The molecule has 1 aromatic carbocycles. The fraction of sp³-hybridized carbons (Fsp3) is 0.625. The Kier molecular flexibility index (Phi) is 3.76. The molecular formula is C16H24N2O. The number of benzene rings is 1. The Labute approximate surface area is 115 Å². The third kappa shape index (κ3) is 2.63. The lowest BCUT2D eigenvalue weighted by Gasteiger charge is -2.19. The zero-order valence-electron chi connectivity index (χ0n) is 11.7. The molecule has 0 amide bonds. The van der Waals surface area contributed by atoms with Crippen LogP contribution < -0.4 is 10.2 Å². The van der Waals surface area contributed by atoms with Gasteiger partial charge in [0.15, 0.2) is 0 Å². The lowest BCUT2D eigenvalue weighted by Crippen LogP contribution is -2.33. The highest BCUT2D eigenvalue weighted by molar-refractivity contribution is 5.58. The van der Waals surface area contributed by atoms with E-state index in [4.69, 9.17) is 0 Å². The van der Waals surface area contributed by atoms with Crippen LogP contribution in [0.4, 0.5) is 5.69 Å². The summed E-state index contributed by atoms with van der Waals surface area (Å²) >= 11 is 0. The Bertz CT molecular complexity index is 446. The van der Waals surface area contributed by atoms with Gasteiger partial charge in [-0.1, -0.05) is 18.6 Å². The first-order valence-corrected chi connectivity index (χ1v) is 7.45. The largest absolute Gasteiger partial charge is 0.396 e. The maximum atomic E-state index is 9.34. The molecule has 0 radical (unpaired) electrons. The first kappa shape index (κ1) is 12.9. The molecular weight excluding hydrogens is 236 g/mol. The van der Waals surface area contributed by atoms with Crippen LogP contribution in [0, 0.1) is 5.92 Å². The fourth-order valence-electron chi connectivity index (χ4n) is 3.50. The lowest BCUT2D eigenvalue weighted by atomic mass is 10.0. The third-order valence-corrected chi connectivity index (χ3v) is 4.73. The van der Waals surface area contributed by atoms with Gasteiger partial charge >= 0.3 is 0 Å². The molecule has 1 aliphatic heterocycles. The van der Waals surface area contributed by atoms with Crippen LogP contribution in [-0.2, 0) is 13.0 Å². The second-order valence-corrected chi connectivity index (χ2v) is 6.00. The number of anilines is 1. The number of nitrogens with one attached hydrogen (secondary N) is 1. The summed E-state index contributed by atoms with van der Waals surface area (Å²) in [4.78, 5) is 2.32. The number of aliphatic hydroxyl groups is 1. The van der Waals surface area contributed by atoms with Crippen molar-refractivity contribution in [3.63, 3.8) is 0 Å². The molecule has 0 aromatic heterocycles. The molecule has 1 fully saturated rings. The molecule has 3 nitrogen and oxygen atoms in total. The van der Waals surface area contributed by atoms with Crippen molar-refractivity contribution < 1.29 is 5.11 Å². The lowest BCUT2D eigenvalue weighted by molar-refractivity contribution is 0.205. The van der Waals surface area contributed by atoms with Crippen LogP contribution >= 0.6 is 0 Å². The highest BCUT2D eigenvalue weighted by atomic mass is 16.3. The average Bonchev–Trinajstić information content (AvgIpc) is 3.03. The number of fused-ring (bicyclic) bond motifs is 1. The van der Waals surface area contributed by atoms with Crippen LogP contribution in [0.15, 0.2) is 18.2 Å². The van der Waals surface area contributed by atoms with Gasteiger partial charge in [-0.3, -0.25) is 0 Å². The predicted octanol–water partition coefficient (Wildman–Crippen LogP) is 1.93. The highest BCUT2D eigenvalue weighted by Crippen LogP contribution is 2.28. The molecule has 3 rings (SSSR count). The Hall–Kier alpha value is -1.06. The average molecular weight is 260 g/mol. The Morgan fingerprint density at radius 1 is 1.37 bits per heavy atom. The molecule has 0 saturated heterocycles. The normalized spacial score (nSPS) is 25.9. The number of hydrogen-bond donors (Lipinski definition) is 2. The number of nitrogens with zero attached hydrogens (tertiary/aromatic N) is 1. The van der Waals surface area contributed by atoms with E-state index in [0.717, 1.165) is 13.1 Å². The van der Waals surface area contributed by atoms with Crippen molar-refractivity contribution in [1.82, 2.24) is 5.32 Å². The molecule has 19 heavy (non-hydrogen) atoms. The summed E-state index contributed by atoms with van der Waals surface area (Å²) in [6, 6.07) is 7.32. The van der Waals surface area contributed by atoms with Gasteiger partial charge in [-0.2, -0.15) is 0 Å². The fourth-order valence-corrected chi connectivity index (χ4v) is 3.50. The van der Waals surface area contributed by atoms with Crippen LogP contribution in [0.2, 0.25) is 0 Å². The van der Waals surface area contributed by atoms with Gasteiger partial charge in [-0.05, 0) is 42.4 Å². The third-order valence-electron chi connectivity index (χ3n) is 4.73. The summed E-state index contributed by atoms with van der Waals surface area (Å²) < 4.78 is 0. The monoisotopic (exact) mass is 260 g/mol. The van der Waals surface area contributed by atoms with Crippen LogP contribution in [0.3, 0.4) is 0 Å². The van der Waals surface area contributed by atoms with Gasteiger partial charge in [-0.25, -0.2) is 0 Å². The molecule has 1 saturated carbocycles. The van der Waals surface area contributed by atoms with Crippen molar-refractivity contribution in [2.24, 2.45) is 5.92 Å².